The molecule has 0 radical (unpaired) electrons. The van der Waals surface area contributed by atoms with E-state index >= 15 is 0 Å². The first-order valence-electron chi connectivity index (χ1n) is 7.56. The Morgan fingerprint density at radius 3 is 2.85 bits per heavy atom. The number of ether oxygens (including phenoxy) is 1. The van der Waals surface area contributed by atoms with Crippen molar-refractivity contribution in [1.82, 2.24) is 0 Å². The van der Waals surface area contributed by atoms with Crippen molar-refractivity contribution in [3.63, 3.8) is 0 Å². The largest absolute Gasteiger partial charge is 0.465 e. The van der Waals surface area contributed by atoms with E-state index in [-0.39, 0.29) is 41.0 Å². The molecule has 136 valence electrons. The predicted molar refractivity (Wildman–Crippen MR) is 98.1 cm³/mol. The number of benzene rings is 1. The van der Waals surface area contributed by atoms with Gasteiger partial charge in [0.05, 0.1) is 34.9 Å². The maximum Gasteiger partial charge on any atom is 0.330 e. The fourth-order valence-corrected chi connectivity index (χ4v) is 2.75. The minimum absolute atomic E-state index is 0.114. The molecule has 0 spiro atoms. The minimum Gasteiger partial charge on any atom is -0.465 e. The molecule has 1 atom stereocenters. The van der Waals surface area contributed by atoms with Gasteiger partial charge in [0.25, 0.3) is 5.69 Å². The number of nitrogens with zero attached hydrogens (tertiary/aromatic N) is 3. The third-order valence-corrected chi connectivity index (χ3v) is 4.07. The van der Waals surface area contributed by atoms with Gasteiger partial charge in [-0.1, -0.05) is 18.2 Å². The smallest absolute Gasteiger partial charge is 0.330 e. The van der Waals surface area contributed by atoms with E-state index in [0.717, 1.165) is 11.8 Å². The molecule has 0 amide bonds. The van der Waals surface area contributed by atoms with Crippen LogP contribution in [0.15, 0.2) is 41.9 Å². The zero-order valence-corrected chi connectivity index (χ0v) is 14.9. The molecule has 1 aromatic rings. The van der Waals surface area contributed by atoms with Crippen molar-refractivity contribution < 1.29 is 19.2 Å². The summed E-state index contributed by atoms with van der Waals surface area (Å²) in [6.45, 7) is 5.42. The molecule has 0 aromatic heterocycles. The lowest BCUT2D eigenvalue weighted by molar-refractivity contribution is -0.384. The monoisotopic (exact) mass is 375 g/mol. The number of Topliss-reactive ketones (excluding diaryl/α,β-unsaturated/α-hetero) is 1. The molecule has 0 aliphatic rings. The summed E-state index contributed by atoms with van der Waals surface area (Å²) in [6.07, 6.45) is 1.49. The van der Waals surface area contributed by atoms with Crippen LogP contribution in [0.4, 0.5) is 5.69 Å². The molecule has 0 bridgehead atoms. The molecular weight excluding hydrogens is 358 g/mol. The summed E-state index contributed by atoms with van der Waals surface area (Å²) >= 11 is 0.925. The molecule has 0 saturated heterocycles. The highest BCUT2D eigenvalue weighted by Gasteiger charge is 2.27. The quantitative estimate of drug-likeness (QED) is 0.124. The van der Waals surface area contributed by atoms with Gasteiger partial charge in [-0.15, -0.1) is 18.3 Å². The topological polar surface area (TPSA) is 123 Å². The number of ketones is 1. The number of nitro groups is 1. The van der Waals surface area contributed by atoms with Gasteiger partial charge in [-0.25, -0.2) is 0 Å². The highest BCUT2D eigenvalue weighted by molar-refractivity contribution is 8.14. The van der Waals surface area contributed by atoms with Crippen molar-refractivity contribution in [2.24, 2.45) is 10.9 Å². The van der Waals surface area contributed by atoms with Crippen LogP contribution in [-0.4, -0.2) is 40.6 Å². The highest BCUT2D eigenvalue weighted by atomic mass is 32.2. The van der Waals surface area contributed by atoms with Gasteiger partial charge in [0.1, 0.15) is 0 Å². The van der Waals surface area contributed by atoms with Crippen molar-refractivity contribution in [3.05, 3.63) is 52.6 Å². The van der Waals surface area contributed by atoms with Crippen molar-refractivity contribution in [2.45, 2.75) is 6.92 Å². The summed E-state index contributed by atoms with van der Waals surface area (Å²) in [7, 11) is 0. The summed E-state index contributed by atoms with van der Waals surface area (Å²) in [5.74, 6) is -2.49. The lowest BCUT2D eigenvalue weighted by Gasteiger charge is -2.11. The molecule has 0 aliphatic heterocycles. The fraction of sp³-hybridized carbons (Fsp3) is 0.294. The van der Waals surface area contributed by atoms with Gasteiger partial charge >= 0.3 is 5.97 Å². The van der Waals surface area contributed by atoms with Crippen molar-refractivity contribution in [1.29, 1.82) is 5.26 Å². The van der Waals surface area contributed by atoms with E-state index in [9.17, 15) is 25.0 Å². The van der Waals surface area contributed by atoms with Gasteiger partial charge in [0, 0.05) is 17.7 Å². The van der Waals surface area contributed by atoms with Crippen LogP contribution in [0.3, 0.4) is 0 Å². The summed E-state index contributed by atoms with van der Waals surface area (Å²) in [5, 5.41) is 20.2. The Balaban J connectivity index is 2.93. The number of aliphatic imine (C=N–C) groups is 1. The fourth-order valence-electron chi connectivity index (χ4n) is 1.82. The number of non-ortho nitro benzene ring substituents is 1. The van der Waals surface area contributed by atoms with Crippen LogP contribution in [0.25, 0.3) is 0 Å². The zero-order chi connectivity index (χ0) is 19.5. The van der Waals surface area contributed by atoms with E-state index < -0.39 is 16.8 Å². The van der Waals surface area contributed by atoms with Crippen LogP contribution in [0.2, 0.25) is 0 Å². The molecule has 1 rings (SSSR count). The average molecular weight is 375 g/mol. The first kappa shape index (κ1) is 21.1. The summed E-state index contributed by atoms with van der Waals surface area (Å²) in [6, 6.07) is 7.16. The Labute approximate surface area is 154 Å². The second-order valence-electron chi connectivity index (χ2n) is 4.80. The van der Waals surface area contributed by atoms with Crippen LogP contribution >= 0.6 is 11.8 Å². The maximum atomic E-state index is 12.3. The van der Waals surface area contributed by atoms with E-state index in [0.29, 0.717) is 0 Å². The van der Waals surface area contributed by atoms with Crippen LogP contribution in [0.5, 0.6) is 0 Å². The minimum atomic E-state index is -1.24. The SMILES string of the molecule is C=CCN=C(SCC(=O)c1cccc([N+](=O)[O-])c1)[C@H](C#N)C(=O)OCC. The molecule has 0 saturated carbocycles. The lowest BCUT2D eigenvalue weighted by Crippen LogP contribution is -2.24. The number of rotatable bonds is 9. The van der Waals surface area contributed by atoms with Gasteiger partial charge in [-0.05, 0) is 6.92 Å². The number of hydrogen-bond acceptors (Lipinski definition) is 8. The van der Waals surface area contributed by atoms with E-state index in [1.54, 1.807) is 6.92 Å². The molecule has 0 unspecified atom stereocenters. The highest BCUT2D eigenvalue weighted by Crippen LogP contribution is 2.19. The molecule has 8 nitrogen and oxygen atoms in total. The Morgan fingerprint density at radius 1 is 1.54 bits per heavy atom. The average Bonchev–Trinajstić information content (AvgIpc) is 2.64. The first-order valence-corrected chi connectivity index (χ1v) is 8.55. The van der Waals surface area contributed by atoms with Crippen molar-refractivity contribution in [3.8, 4) is 6.07 Å². The number of nitro benzene ring substituents is 1. The van der Waals surface area contributed by atoms with E-state index in [4.69, 9.17) is 4.74 Å². The predicted octanol–water partition coefficient (Wildman–Crippen LogP) is 2.80. The van der Waals surface area contributed by atoms with Gasteiger partial charge in [-0.2, -0.15) is 5.26 Å². The van der Waals surface area contributed by atoms with Crippen LogP contribution < -0.4 is 0 Å². The second kappa shape index (κ2) is 10.8. The molecule has 0 fully saturated rings. The Hall–Kier alpha value is -2.99. The summed E-state index contributed by atoms with van der Waals surface area (Å²) < 4.78 is 4.85. The molecule has 26 heavy (non-hydrogen) atoms. The maximum absolute atomic E-state index is 12.3. The number of nitriles is 1. The third kappa shape index (κ3) is 6.14. The van der Waals surface area contributed by atoms with Crippen molar-refractivity contribution >= 4 is 34.2 Å². The number of esters is 1. The van der Waals surface area contributed by atoms with Gasteiger partial charge < -0.3 is 4.74 Å². The summed E-state index contributed by atoms with van der Waals surface area (Å²) in [5.41, 5.74) is -0.0257. The van der Waals surface area contributed by atoms with Crippen LogP contribution in [0.1, 0.15) is 17.3 Å². The van der Waals surface area contributed by atoms with Crippen molar-refractivity contribution in [2.75, 3.05) is 18.9 Å². The Kier molecular flexibility index (Phi) is 8.74. The number of thioether (sulfide) groups is 1. The van der Waals surface area contributed by atoms with Crippen LogP contribution in [-0.2, 0) is 9.53 Å². The summed E-state index contributed by atoms with van der Waals surface area (Å²) in [4.78, 5) is 38.5. The molecule has 1 aromatic carbocycles. The van der Waals surface area contributed by atoms with Gasteiger partial charge in [0.2, 0.25) is 0 Å². The zero-order valence-electron chi connectivity index (χ0n) is 14.1. The van der Waals surface area contributed by atoms with E-state index in [1.807, 2.05) is 6.07 Å². The normalized spacial score (nSPS) is 11.9. The molecular formula is C17H17N3O5S. The molecule has 0 aliphatic carbocycles. The Bertz CT molecular complexity index is 770. The van der Waals surface area contributed by atoms with E-state index in [1.165, 1.54) is 30.3 Å². The van der Waals surface area contributed by atoms with Gasteiger partial charge in [-0.3, -0.25) is 24.7 Å². The number of carbonyl (C=O) groups excluding carboxylic acids is 2. The molecule has 0 heterocycles. The van der Waals surface area contributed by atoms with E-state index in [2.05, 4.69) is 11.6 Å². The second-order valence-corrected chi connectivity index (χ2v) is 5.80. The standard InChI is InChI=1S/C17H17N3O5S/c1-3-8-19-16(14(10-18)17(22)25-4-2)26-11-15(21)12-6-5-7-13(9-12)20(23)24/h3,5-7,9,14H,1,4,8,11H2,2H3/t14-/m0/s1. The lowest BCUT2D eigenvalue weighted by atomic mass is 10.1. The number of carbonyl (C=O) groups is 2. The van der Waals surface area contributed by atoms with Crippen LogP contribution in [0, 0.1) is 27.4 Å². The molecule has 0 N–H and O–H groups in total. The Morgan fingerprint density at radius 2 is 2.27 bits per heavy atom. The third-order valence-electron chi connectivity index (χ3n) is 3.00. The van der Waals surface area contributed by atoms with Gasteiger partial charge in [0.15, 0.2) is 11.7 Å². The number of hydrogen-bond donors (Lipinski definition) is 0. The molecule has 9 heteroatoms. The first-order chi connectivity index (χ1) is 12.4.